The van der Waals surface area contributed by atoms with Crippen molar-refractivity contribution in [3.8, 4) is 0 Å². The zero-order chi connectivity index (χ0) is 15.5. The van der Waals surface area contributed by atoms with Gasteiger partial charge in [-0.25, -0.2) is 4.39 Å². The van der Waals surface area contributed by atoms with E-state index in [0.29, 0.717) is 18.0 Å². The van der Waals surface area contributed by atoms with E-state index in [-0.39, 0.29) is 5.82 Å². The predicted molar refractivity (Wildman–Crippen MR) is 88.4 cm³/mol. The van der Waals surface area contributed by atoms with Gasteiger partial charge in [0.1, 0.15) is 5.82 Å². The molecule has 0 amide bonds. The van der Waals surface area contributed by atoms with Gasteiger partial charge in [0, 0.05) is 31.7 Å². The highest BCUT2D eigenvalue weighted by Gasteiger charge is 2.34. The minimum atomic E-state index is -0.113. The lowest BCUT2D eigenvalue weighted by Gasteiger charge is -2.46. The van der Waals surface area contributed by atoms with E-state index in [1.165, 1.54) is 12.8 Å². The maximum Gasteiger partial charge on any atom is 0.123 e. The summed E-state index contributed by atoms with van der Waals surface area (Å²) in [7, 11) is 2.19. The molecule has 1 aromatic rings. The summed E-state index contributed by atoms with van der Waals surface area (Å²) in [5.74, 6) is 0.507. The normalized spacial score (nSPS) is 27.0. The molecule has 1 N–H and O–H groups in total. The molecular formula is C18H28FN3. The summed E-state index contributed by atoms with van der Waals surface area (Å²) >= 11 is 0. The van der Waals surface area contributed by atoms with Crippen molar-refractivity contribution < 1.29 is 4.39 Å². The van der Waals surface area contributed by atoms with E-state index in [0.717, 1.165) is 38.3 Å². The Morgan fingerprint density at radius 3 is 2.68 bits per heavy atom. The Hall–Kier alpha value is -0.970. The Labute approximate surface area is 133 Å². The summed E-state index contributed by atoms with van der Waals surface area (Å²) in [4.78, 5) is 5.01. The van der Waals surface area contributed by atoms with Crippen molar-refractivity contribution in [3.05, 3.63) is 35.6 Å². The Morgan fingerprint density at radius 2 is 2.00 bits per heavy atom. The van der Waals surface area contributed by atoms with Crippen molar-refractivity contribution in [1.82, 2.24) is 15.1 Å². The number of rotatable bonds is 3. The van der Waals surface area contributed by atoms with Gasteiger partial charge in [0.2, 0.25) is 0 Å². The molecule has 0 spiro atoms. The second-order valence-electron chi connectivity index (χ2n) is 6.94. The third-order valence-corrected chi connectivity index (χ3v) is 5.26. The van der Waals surface area contributed by atoms with E-state index < -0.39 is 0 Å². The highest BCUT2D eigenvalue weighted by molar-refractivity contribution is 5.22. The molecule has 2 heterocycles. The van der Waals surface area contributed by atoms with Crippen molar-refractivity contribution in [3.63, 3.8) is 0 Å². The monoisotopic (exact) mass is 305 g/mol. The van der Waals surface area contributed by atoms with E-state index >= 15 is 0 Å². The number of piperidine rings is 1. The molecule has 0 bridgehead atoms. The fraction of sp³-hybridized carbons (Fsp3) is 0.667. The number of benzene rings is 1. The van der Waals surface area contributed by atoms with E-state index in [4.69, 9.17) is 0 Å². The molecule has 2 aliphatic rings. The molecule has 2 fully saturated rings. The smallest absolute Gasteiger partial charge is 0.123 e. The number of nitrogens with one attached hydrogen (secondary N) is 1. The van der Waals surface area contributed by atoms with Gasteiger partial charge in [-0.1, -0.05) is 12.1 Å². The van der Waals surface area contributed by atoms with Crippen LogP contribution in [-0.2, 0) is 0 Å². The lowest BCUT2D eigenvalue weighted by atomic mass is 9.83. The fourth-order valence-corrected chi connectivity index (χ4v) is 4.15. The molecule has 22 heavy (non-hydrogen) atoms. The molecule has 0 saturated carbocycles. The van der Waals surface area contributed by atoms with Crippen LogP contribution in [0.3, 0.4) is 0 Å². The molecule has 2 atom stereocenters. The minimum absolute atomic E-state index is 0.113. The Balaban J connectivity index is 1.88. The molecule has 3 nitrogen and oxygen atoms in total. The van der Waals surface area contributed by atoms with Crippen LogP contribution in [0, 0.1) is 11.7 Å². The van der Waals surface area contributed by atoms with Gasteiger partial charge >= 0.3 is 0 Å². The second-order valence-corrected chi connectivity index (χ2v) is 6.94. The van der Waals surface area contributed by atoms with Crippen molar-refractivity contribution in [2.75, 3.05) is 39.8 Å². The highest BCUT2D eigenvalue weighted by Crippen LogP contribution is 2.36. The SMILES string of the molecule is C[C@H]1CN(C)CCN1C(c1cccc(F)c1)C1CCNCC1. The van der Waals surface area contributed by atoms with E-state index in [2.05, 4.69) is 35.2 Å². The molecule has 0 radical (unpaired) electrons. The van der Waals surface area contributed by atoms with Crippen molar-refractivity contribution in [2.45, 2.75) is 31.8 Å². The summed E-state index contributed by atoms with van der Waals surface area (Å²) in [6, 6.07) is 8.14. The predicted octanol–water partition coefficient (Wildman–Crippen LogP) is 2.50. The zero-order valence-corrected chi connectivity index (χ0v) is 13.8. The van der Waals surface area contributed by atoms with Crippen LogP contribution in [0.15, 0.2) is 24.3 Å². The largest absolute Gasteiger partial charge is 0.317 e. The number of likely N-dealkylation sites (N-methyl/N-ethyl adjacent to an activating group) is 1. The highest BCUT2D eigenvalue weighted by atomic mass is 19.1. The summed E-state index contributed by atoms with van der Waals surface area (Å²) < 4.78 is 13.8. The number of piperazine rings is 1. The first-order valence-electron chi connectivity index (χ1n) is 8.55. The van der Waals surface area contributed by atoms with Gasteiger partial charge in [0.25, 0.3) is 0 Å². The average Bonchev–Trinajstić information content (AvgIpc) is 2.51. The molecule has 3 rings (SSSR count). The van der Waals surface area contributed by atoms with Gasteiger partial charge in [-0.15, -0.1) is 0 Å². The zero-order valence-electron chi connectivity index (χ0n) is 13.8. The lowest BCUT2D eigenvalue weighted by Crippen LogP contribution is -2.53. The first-order chi connectivity index (χ1) is 10.6. The number of hydrogen-bond acceptors (Lipinski definition) is 3. The van der Waals surface area contributed by atoms with Crippen LogP contribution >= 0.6 is 0 Å². The maximum atomic E-state index is 13.8. The Kier molecular flexibility index (Phi) is 5.11. The van der Waals surface area contributed by atoms with Gasteiger partial charge in [-0.05, 0) is 63.5 Å². The van der Waals surface area contributed by atoms with Crippen LogP contribution in [0.5, 0.6) is 0 Å². The van der Waals surface area contributed by atoms with E-state index in [1.807, 2.05) is 6.07 Å². The third-order valence-electron chi connectivity index (χ3n) is 5.26. The molecule has 1 unspecified atom stereocenters. The molecule has 2 saturated heterocycles. The first-order valence-corrected chi connectivity index (χ1v) is 8.55. The quantitative estimate of drug-likeness (QED) is 0.926. The van der Waals surface area contributed by atoms with Gasteiger partial charge in [-0.3, -0.25) is 4.90 Å². The number of hydrogen-bond donors (Lipinski definition) is 1. The second kappa shape index (κ2) is 7.07. The van der Waals surface area contributed by atoms with Crippen molar-refractivity contribution in [2.24, 2.45) is 5.92 Å². The molecule has 0 aromatic heterocycles. The minimum Gasteiger partial charge on any atom is -0.317 e. The molecule has 4 heteroatoms. The van der Waals surface area contributed by atoms with Crippen LogP contribution in [-0.4, -0.2) is 55.6 Å². The number of halogens is 1. The van der Waals surface area contributed by atoms with Gasteiger partial charge in [0.15, 0.2) is 0 Å². The van der Waals surface area contributed by atoms with Gasteiger partial charge < -0.3 is 10.2 Å². The van der Waals surface area contributed by atoms with Crippen LogP contribution < -0.4 is 5.32 Å². The molecule has 0 aliphatic carbocycles. The van der Waals surface area contributed by atoms with Crippen LogP contribution in [0.25, 0.3) is 0 Å². The third kappa shape index (κ3) is 3.50. The molecule has 2 aliphatic heterocycles. The van der Waals surface area contributed by atoms with Gasteiger partial charge in [-0.2, -0.15) is 0 Å². The Bertz CT molecular complexity index is 487. The topological polar surface area (TPSA) is 18.5 Å². The molecule has 122 valence electrons. The van der Waals surface area contributed by atoms with Crippen molar-refractivity contribution >= 4 is 0 Å². The molecular weight excluding hydrogens is 277 g/mol. The summed E-state index contributed by atoms with van der Waals surface area (Å²) in [5, 5.41) is 3.45. The maximum absolute atomic E-state index is 13.8. The lowest BCUT2D eigenvalue weighted by molar-refractivity contribution is 0.0275. The fourth-order valence-electron chi connectivity index (χ4n) is 4.15. The Morgan fingerprint density at radius 1 is 1.23 bits per heavy atom. The van der Waals surface area contributed by atoms with Crippen LogP contribution in [0.2, 0.25) is 0 Å². The van der Waals surface area contributed by atoms with Crippen LogP contribution in [0.1, 0.15) is 31.4 Å². The molecule has 1 aromatic carbocycles. The standard InChI is InChI=1S/C18H28FN3/c1-14-13-21(2)10-11-22(14)18(15-6-8-20-9-7-15)16-4-3-5-17(19)12-16/h3-5,12,14-15,18,20H,6-11,13H2,1-2H3/t14-,18?/m0/s1. The summed E-state index contributed by atoms with van der Waals surface area (Å²) in [6.07, 6.45) is 2.36. The summed E-state index contributed by atoms with van der Waals surface area (Å²) in [5.41, 5.74) is 1.16. The summed E-state index contributed by atoms with van der Waals surface area (Å²) in [6.45, 7) is 7.74. The van der Waals surface area contributed by atoms with Gasteiger partial charge in [0.05, 0.1) is 0 Å². The number of nitrogens with zero attached hydrogens (tertiary/aromatic N) is 2. The average molecular weight is 305 g/mol. The van der Waals surface area contributed by atoms with E-state index in [9.17, 15) is 4.39 Å². The van der Waals surface area contributed by atoms with Crippen molar-refractivity contribution in [1.29, 1.82) is 0 Å². The first kappa shape index (κ1) is 15.9. The van der Waals surface area contributed by atoms with E-state index in [1.54, 1.807) is 12.1 Å². The van der Waals surface area contributed by atoms with Crippen LogP contribution in [0.4, 0.5) is 4.39 Å².